The van der Waals surface area contributed by atoms with Gasteiger partial charge >= 0.3 is 12.0 Å². The van der Waals surface area contributed by atoms with E-state index in [2.05, 4.69) is 5.32 Å². The topological polar surface area (TPSA) is 72.9 Å². The van der Waals surface area contributed by atoms with Crippen LogP contribution in [-0.4, -0.2) is 67.2 Å². The summed E-state index contributed by atoms with van der Waals surface area (Å²) in [4.78, 5) is 26.8. The Labute approximate surface area is 114 Å². The molecule has 0 aliphatic heterocycles. The molecule has 1 rings (SSSR count). The van der Waals surface area contributed by atoms with Crippen molar-refractivity contribution in [1.82, 2.24) is 15.1 Å². The lowest BCUT2D eigenvalue weighted by molar-refractivity contribution is -0.143. The average Bonchev–Trinajstić information content (AvgIpc) is 2.36. The summed E-state index contributed by atoms with van der Waals surface area (Å²) in [5.74, 6) is -1.25. The van der Waals surface area contributed by atoms with Crippen molar-refractivity contribution >= 4 is 12.0 Å². The number of carbonyl (C=O) groups excluding carboxylic acids is 1. The van der Waals surface area contributed by atoms with Crippen LogP contribution >= 0.6 is 0 Å². The SMILES string of the molecule is CN(C)CCN(C)C(=O)NC1CCCCC1C(=O)O. The maximum Gasteiger partial charge on any atom is 0.317 e. The second-order valence-corrected chi connectivity index (χ2v) is 5.51. The van der Waals surface area contributed by atoms with Crippen LogP contribution in [-0.2, 0) is 4.79 Å². The molecule has 0 saturated heterocycles. The van der Waals surface area contributed by atoms with Crippen molar-refractivity contribution in [3.8, 4) is 0 Å². The molecule has 1 fully saturated rings. The number of carbonyl (C=O) groups is 2. The molecule has 0 aromatic rings. The van der Waals surface area contributed by atoms with E-state index < -0.39 is 11.9 Å². The lowest BCUT2D eigenvalue weighted by Gasteiger charge is -2.31. The predicted octanol–water partition coefficient (Wildman–Crippen LogP) is 0.833. The number of urea groups is 1. The summed E-state index contributed by atoms with van der Waals surface area (Å²) >= 11 is 0. The first-order chi connectivity index (χ1) is 8.91. The third kappa shape index (κ3) is 5.06. The van der Waals surface area contributed by atoms with Gasteiger partial charge in [0.15, 0.2) is 0 Å². The average molecular weight is 271 g/mol. The highest BCUT2D eigenvalue weighted by molar-refractivity contribution is 5.76. The third-order valence-corrected chi connectivity index (χ3v) is 3.62. The molecule has 0 aromatic carbocycles. The molecule has 6 heteroatoms. The van der Waals surface area contributed by atoms with E-state index in [0.717, 1.165) is 25.8 Å². The molecular formula is C13H25N3O3. The Hall–Kier alpha value is -1.30. The van der Waals surface area contributed by atoms with Crippen LogP contribution in [0.1, 0.15) is 25.7 Å². The Morgan fingerprint density at radius 1 is 1.16 bits per heavy atom. The maximum atomic E-state index is 12.0. The molecule has 2 N–H and O–H groups in total. The van der Waals surface area contributed by atoms with Crippen LogP contribution in [0.2, 0.25) is 0 Å². The van der Waals surface area contributed by atoms with Gasteiger partial charge in [0.2, 0.25) is 0 Å². The fourth-order valence-corrected chi connectivity index (χ4v) is 2.32. The van der Waals surface area contributed by atoms with Gasteiger partial charge in [0.25, 0.3) is 0 Å². The molecule has 0 radical (unpaired) electrons. The number of rotatable bonds is 5. The van der Waals surface area contributed by atoms with Crippen LogP contribution in [0.5, 0.6) is 0 Å². The second kappa shape index (κ2) is 7.33. The smallest absolute Gasteiger partial charge is 0.317 e. The number of nitrogens with one attached hydrogen (secondary N) is 1. The fourth-order valence-electron chi connectivity index (χ4n) is 2.32. The summed E-state index contributed by atoms with van der Waals surface area (Å²) in [6.45, 7) is 1.42. The molecule has 6 nitrogen and oxygen atoms in total. The zero-order chi connectivity index (χ0) is 14.4. The molecule has 2 amide bonds. The van der Waals surface area contributed by atoms with Crippen molar-refractivity contribution in [2.45, 2.75) is 31.7 Å². The van der Waals surface area contributed by atoms with E-state index in [-0.39, 0.29) is 12.1 Å². The van der Waals surface area contributed by atoms with Gasteiger partial charge in [0, 0.05) is 26.2 Å². The van der Waals surface area contributed by atoms with Crippen molar-refractivity contribution < 1.29 is 14.7 Å². The summed E-state index contributed by atoms with van der Waals surface area (Å²) in [5.41, 5.74) is 0. The molecule has 2 unspecified atom stereocenters. The van der Waals surface area contributed by atoms with Crippen LogP contribution in [0.4, 0.5) is 4.79 Å². The van der Waals surface area contributed by atoms with Crippen molar-refractivity contribution in [3.05, 3.63) is 0 Å². The molecule has 0 spiro atoms. The van der Waals surface area contributed by atoms with E-state index in [1.165, 1.54) is 0 Å². The van der Waals surface area contributed by atoms with Gasteiger partial charge in [-0.15, -0.1) is 0 Å². The van der Waals surface area contributed by atoms with Crippen molar-refractivity contribution in [2.75, 3.05) is 34.2 Å². The van der Waals surface area contributed by atoms with Gasteiger partial charge in [-0.2, -0.15) is 0 Å². The van der Waals surface area contributed by atoms with Crippen LogP contribution in [0.25, 0.3) is 0 Å². The number of carboxylic acid groups (broad SMARTS) is 1. The van der Waals surface area contributed by atoms with E-state index in [1.807, 2.05) is 19.0 Å². The summed E-state index contributed by atoms with van der Waals surface area (Å²) in [6.07, 6.45) is 3.32. The molecule has 0 bridgehead atoms. The lowest BCUT2D eigenvalue weighted by atomic mass is 9.84. The van der Waals surface area contributed by atoms with Crippen LogP contribution < -0.4 is 5.32 Å². The third-order valence-electron chi connectivity index (χ3n) is 3.62. The Kier molecular flexibility index (Phi) is 6.08. The number of aliphatic carboxylic acids is 1. The molecule has 1 saturated carbocycles. The number of carboxylic acids is 1. The van der Waals surface area contributed by atoms with E-state index in [9.17, 15) is 9.59 Å². The highest BCUT2D eigenvalue weighted by atomic mass is 16.4. The number of nitrogens with zero attached hydrogens (tertiary/aromatic N) is 2. The predicted molar refractivity (Wildman–Crippen MR) is 73.1 cm³/mol. The van der Waals surface area contributed by atoms with E-state index in [1.54, 1.807) is 11.9 Å². The maximum absolute atomic E-state index is 12.0. The number of amides is 2. The van der Waals surface area contributed by atoms with Gasteiger partial charge in [0.1, 0.15) is 0 Å². The Morgan fingerprint density at radius 2 is 1.79 bits per heavy atom. The van der Waals surface area contributed by atoms with E-state index >= 15 is 0 Å². The van der Waals surface area contributed by atoms with Crippen LogP contribution in [0.15, 0.2) is 0 Å². The summed E-state index contributed by atoms with van der Waals surface area (Å²) in [6, 6.07) is -0.416. The molecular weight excluding hydrogens is 246 g/mol. The van der Waals surface area contributed by atoms with Crippen LogP contribution in [0.3, 0.4) is 0 Å². The first-order valence-electron chi connectivity index (χ1n) is 6.81. The first kappa shape index (κ1) is 15.8. The van der Waals surface area contributed by atoms with Gasteiger partial charge in [-0.1, -0.05) is 12.8 Å². The summed E-state index contributed by atoms with van der Waals surface area (Å²) in [5, 5.41) is 12.0. The van der Waals surface area contributed by atoms with E-state index in [0.29, 0.717) is 13.0 Å². The minimum absolute atomic E-state index is 0.181. The standard InChI is InChI=1S/C13H25N3O3/c1-15(2)8-9-16(3)13(19)14-11-7-5-4-6-10(11)12(17)18/h10-11H,4-9H2,1-3H3,(H,14,19)(H,17,18). The minimum atomic E-state index is -0.805. The number of likely N-dealkylation sites (N-methyl/N-ethyl adjacent to an activating group) is 2. The van der Waals surface area contributed by atoms with Gasteiger partial charge in [-0.25, -0.2) is 4.79 Å². The summed E-state index contributed by atoms with van der Waals surface area (Å²) < 4.78 is 0. The van der Waals surface area contributed by atoms with Gasteiger partial charge in [-0.3, -0.25) is 4.79 Å². The van der Waals surface area contributed by atoms with Crippen molar-refractivity contribution in [1.29, 1.82) is 0 Å². The zero-order valence-electron chi connectivity index (χ0n) is 12.1. The fraction of sp³-hybridized carbons (Fsp3) is 0.846. The van der Waals surface area contributed by atoms with Crippen molar-refractivity contribution in [3.63, 3.8) is 0 Å². The number of hydrogen-bond acceptors (Lipinski definition) is 3. The van der Waals surface area contributed by atoms with Gasteiger partial charge in [-0.05, 0) is 26.9 Å². The van der Waals surface area contributed by atoms with Gasteiger partial charge < -0.3 is 20.2 Å². The monoisotopic (exact) mass is 271 g/mol. The van der Waals surface area contributed by atoms with Crippen molar-refractivity contribution in [2.24, 2.45) is 5.92 Å². The summed E-state index contributed by atoms with van der Waals surface area (Å²) in [7, 11) is 5.64. The quantitative estimate of drug-likeness (QED) is 0.777. The second-order valence-electron chi connectivity index (χ2n) is 5.51. The molecule has 110 valence electrons. The Morgan fingerprint density at radius 3 is 2.37 bits per heavy atom. The highest BCUT2D eigenvalue weighted by Gasteiger charge is 2.32. The Bertz CT molecular complexity index is 320. The molecule has 2 atom stereocenters. The molecule has 19 heavy (non-hydrogen) atoms. The normalized spacial score (nSPS) is 23.2. The minimum Gasteiger partial charge on any atom is -0.481 e. The first-order valence-corrected chi connectivity index (χ1v) is 6.81. The van der Waals surface area contributed by atoms with Crippen LogP contribution in [0, 0.1) is 5.92 Å². The largest absolute Gasteiger partial charge is 0.481 e. The zero-order valence-corrected chi connectivity index (χ0v) is 12.1. The van der Waals surface area contributed by atoms with Gasteiger partial charge in [0.05, 0.1) is 5.92 Å². The molecule has 0 aromatic heterocycles. The highest BCUT2D eigenvalue weighted by Crippen LogP contribution is 2.24. The molecule has 1 aliphatic carbocycles. The number of hydrogen-bond donors (Lipinski definition) is 2. The lowest BCUT2D eigenvalue weighted by Crippen LogP contribution is -2.50. The molecule has 0 heterocycles. The Balaban J connectivity index is 2.47. The van der Waals surface area contributed by atoms with E-state index in [4.69, 9.17) is 5.11 Å². The molecule has 1 aliphatic rings.